The van der Waals surface area contributed by atoms with E-state index in [0.29, 0.717) is 6.47 Å². The Kier molecular flexibility index (Phi) is 4.67. The lowest BCUT2D eigenvalue weighted by atomic mass is 10.2. The van der Waals surface area contributed by atoms with E-state index in [-0.39, 0.29) is 5.60 Å². The van der Waals surface area contributed by atoms with Crippen LogP contribution in [0.25, 0.3) is 0 Å². The van der Waals surface area contributed by atoms with Gasteiger partial charge in [0, 0.05) is 6.20 Å². The van der Waals surface area contributed by atoms with Gasteiger partial charge in [-0.05, 0) is 20.8 Å². The third kappa shape index (κ3) is 8.61. The third-order valence-electron chi connectivity index (χ3n) is 0.733. The molecule has 1 aromatic rings. The van der Waals surface area contributed by atoms with Crippen LogP contribution in [-0.2, 0) is 9.53 Å². The Morgan fingerprint density at radius 2 is 2.17 bits per heavy atom. The standard InChI is InChI=1S/C5H10O2.C2H3N3/c1-5(2,3)7-4-6;1-2-4-5-3-1/h4H,1-3H3;1-2H,(H,3,4,5). The van der Waals surface area contributed by atoms with Crippen molar-refractivity contribution in [1.82, 2.24) is 15.4 Å². The molecule has 0 aromatic carbocycles. The summed E-state index contributed by atoms with van der Waals surface area (Å²) in [7, 11) is 0. The third-order valence-corrected chi connectivity index (χ3v) is 0.733. The molecule has 1 heterocycles. The Labute approximate surface area is 71.1 Å². The molecule has 0 saturated carbocycles. The highest BCUT2D eigenvalue weighted by atomic mass is 16.5. The van der Waals surface area contributed by atoms with Crippen molar-refractivity contribution in [3.05, 3.63) is 12.4 Å². The van der Waals surface area contributed by atoms with Crippen LogP contribution in [0.5, 0.6) is 0 Å². The molecule has 12 heavy (non-hydrogen) atoms. The lowest BCUT2D eigenvalue weighted by Gasteiger charge is -2.14. The van der Waals surface area contributed by atoms with Gasteiger partial charge in [-0.25, -0.2) is 0 Å². The summed E-state index contributed by atoms with van der Waals surface area (Å²) in [6.45, 7) is 5.92. The average Bonchev–Trinajstić information content (AvgIpc) is 2.38. The molecule has 1 aromatic heterocycles. The summed E-state index contributed by atoms with van der Waals surface area (Å²) in [5.41, 5.74) is -0.318. The smallest absolute Gasteiger partial charge is 0.293 e. The normalized spacial score (nSPS) is 9.58. The molecule has 1 N–H and O–H groups in total. The molecule has 0 fully saturated rings. The van der Waals surface area contributed by atoms with Gasteiger partial charge in [0.2, 0.25) is 0 Å². The van der Waals surface area contributed by atoms with Crippen molar-refractivity contribution < 1.29 is 9.53 Å². The number of carbonyl (C=O) groups is 1. The number of hydrogen-bond donors (Lipinski definition) is 1. The van der Waals surface area contributed by atoms with Crippen LogP contribution in [0.2, 0.25) is 0 Å². The van der Waals surface area contributed by atoms with Gasteiger partial charge in [-0.1, -0.05) is 5.21 Å². The van der Waals surface area contributed by atoms with Gasteiger partial charge >= 0.3 is 0 Å². The predicted molar refractivity (Wildman–Crippen MR) is 43.3 cm³/mol. The Morgan fingerprint density at radius 3 is 2.25 bits per heavy atom. The zero-order valence-electron chi connectivity index (χ0n) is 7.44. The SMILES string of the molecule is CC(C)(C)OC=O.c1c[nH]nn1. The molecule has 0 saturated heterocycles. The van der Waals surface area contributed by atoms with Gasteiger partial charge in [0.25, 0.3) is 6.47 Å². The lowest BCUT2D eigenvalue weighted by Crippen LogP contribution is -2.17. The van der Waals surface area contributed by atoms with E-state index in [4.69, 9.17) is 0 Å². The first-order valence-corrected chi connectivity index (χ1v) is 3.48. The fourth-order valence-corrected chi connectivity index (χ4v) is 0.311. The molecule has 0 unspecified atom stereocenters. The number of aromatic nitrogens is 3. The van der Waals surface area contributed by atoms with Crippen molar-refractivity contribution in [2.45, 2.75) is 26.4 Å². The van der Waals surface area contributed by atoms with Crippen LogP contribution in [0, 0.1) is 0 Å². The highest BCUT2D eigenvalue weighted by Gasteiger charge is 2.07. The predicted octanol–water partition coefficient (Wildman–Crippen LogP) is 0.763. The van der Waals surface area contributed by atoms with Crippen LogP contribution in [0.4, 0.5) is 0 Å². The maximum absolute atomic E-state index is 9.60. The zero-order chi connectivity index (χ0) is 9.45. The monoisotopic (exact) mass is 171 g/mol. The van der Waals surface area contributed by atoms with Crippen molar-refractivity contribution in [3.8, 4) is 0 Å². The quantitative estimate of drug-likeness (QED) is 0.633. The van der Waals surface area contributed by atoms with Crippen molar-refractivity contribution in [2.75, 3.05) is 0 Å². The second-order valence-electron chi connectivity index (χ2n) is 2.99. The van der Waals surface area contributed by atoms with E-state index in [2.05, 4.69) is 20.1 Å². The number of hydrogen-bond acceptors (Lipinski definition) is 4. The van der Waals surface area contributed by atoms with Crippen molar-refractivity contribution in [3.63, 3.8) is 0 Å². The van der Waals surface area contributed by atoms with E-state index in [9.17, 15) is 4.79 Å². The van der Waals surface area contributed by atoms with Gasteiger partial charge < -0.3 is 4.74 Å². The number of ether oxygens (including phenoxy) is 1. The van der Waals surface area contributed by atoms with Crippen LogP contribution in [0.15, 0.2) is 12.4 Å². The van der Waals surface area contributed by atoms with Gasteiger partial charge in [0.15, 0.2) is 0 Å². The molecule has 68 valence electrons. The van der Waals surface area contributed by atoms with Crippen molar-refractivity contribution >= 4 is 6.47 Å². The molecule has 0 aliphatic heterocycles. The van der Waals surface area contributed by atoms with E-state index in [0.717, 1.165) is 0 Å². The maximum atomic E-state index is 9.60. The Morgan fingerprint density at radius 1 is 1.50 bits per heavy atom. The molecule has 0 spiro atoms. The van der Waals surface area contributed by atoms with Crippen molar-refractivity contribution in [2.24, 2.45) is 0 Å². The lowest BCUT2D eigenvalue weighted by molar-refractivity contribution is -0.138. The van der Waals surface area contributed by atoms with E-state index < -0.39 is 0 Å². The van der Waals surface area contributed by atoms with E-state index in [1.807, 2.05) is 20.8 Å². The highest BCUT2D eigenvalue weighted by molar-refractivity contribution is 5.37. The maximum Gasteiger partial charge on any atom is 0.293 e. The Bertz CT molecular complexity index is 174. The van der Waals surface area contributed by atoms with Gasteiger partial charge in [0.1, 0.15) is 5.60 Å². The number of carbonyl (C=O) groups excluding carboxylic acids is 1. The van der Waals surface area contributed by atoms with Gasteiger partial charge in [-0.15, -0.1) is 5.10 Å². The Hall–Kier alpha value is -1.39. The van der Waals surface area contributed by atoms with E-state index in [1.54, 1.807) is 12.4 Å². The number of nitrogens with zero attached hydrogens (tertiary/aromatic N) is 2. The summed E-state index contributed by atoms with van der Waals surface area (Å²) in [5, 5.41) is 9.26. The van der Waals surface area contributed by atoms with Gasteiger partial charge in [0.05, 0.1) is 6.20 Å². The number of nitrogens with one attached hydrogen (secondary N) is 1. The molecule has 0 aliphatic rings. The second kappa shape index (κ2) is 5.29. The summed E-state index contributed by atoms with van der Waals surface area (Å²) in [5.74, 6) is 0. The number of H-pyrrole nitrogens is 1. The molecule has 5 heteroatoms. The molecule has 0 radical (unpaired) electrons. The van der Waals surface area contributed by atoms with Gasteiger partial charge in [-0.2, -0.15) is 0 Å². The van der Waals surface area contributed by atoms with Crippen molar-refractivity contribution in [1.29, 1.82) is 0 Å². The summed E-state index contributed by atoms with van der Waals surface area (Å²) in [6, 6.07) is 0. The molecule has 1 rings (SSSR count). The summed E-state index contributed by atoms with van der Waals surface area (Å²) >= 11 is 0. The minimum atomic E-state index is -0.318. The van der Waals surface area contributed by atoms with E-state index in [1.165, 1.54) is 0 Å². The minimum absolute atomic E-state index is 0.318. The molecule has 0 aliphatic carbocycles. The highest BCUT2D eigenvalue weighted by Crippen LogP contribution is 2.02. The first-order valence-electron chi connectivity index (χ1n) is 3.48. The number of aromatic amines is 1. The fourth-order valence-electron chi connectivity index (χ4n) is 0.311. The molecule has 0 bridgehead atoms. The van der Waals surface area contributed by atoms with Crippen LogP contribution in [0.3, 0.4) is 0 Å². The van der Waals surface area contributed by atoms with Crippen LogP contribution >= 0.6 is 0 Å². The molecule has 5 nitrogen and oxygen atoms in total. The largest absolute Gasteiger partial charge is 0.462 e. The molecular formula is C7H13N3O2. The number of rotatable bonds is 1. The summed E-state index contributed by atoms with van der Waals surface area (Å²) in [6.07, 6.45) is 3.24. The average molecular weight is 171 g/mol. The first-order chi connectivity index (χ1) is 5.56. The molecule has 0 atom stereocenters. The van der Waals surface area contributed by atoms with Crippen LogP contribution in [0.1, 0.15) is 20.8 Å². The first kappa shape index (κ1) is 10.6. The minimum Gasteiger partial charge on any atom is -0.462 e. The second-order valence-corrected chi connectivity index (χ2v) is 2.99. The Balaban J connectivity index is 0.000000211. The molecular weight excluding hydrogens is 158 g/mol. The summed E-state index contributed by atoms with van der Waals surface area (Å²) in [4.78, 5) is 9.60. The van der Waals surface area contributed by atoms with Crippen LogP contribution < -0.4 is 0 Å². The van der Waals surface area contributed by atoms with Gasteiger partial charge in [-0.3, -0.25) is 9.89 Å². The topological polar surface area (TPSA) is 67.9 Å². The zero-order valence-corrected chi connectivity index (χ0v) is 7.44. The summed E-state index contributed by atoms with van der Waals surface area (Å²) < 4.78 is 4.55. The van der Waals surface area contributed by atoms with E-state index >= 15 is 0 Å². The fraction of sp³-hybridized carbons (Fsp3) is 0.571. The molecule has 0 amide bonds. The van der Waals surface area contributed by atoms with Crippen LogP contribution in [-0.4, -0.2) is 27.5 Å².